The summed E-state index contributed by atoms with van der Waals surface area (Å²) < 4.78 is 0. The van der Waals surface area contributed by atoms with Crippen LogP contribution in [0.4, 0.5) is 0 Å². The van der Waals surface area contributed by atoms with Gasteiger partial charge in [0.25, 0.3) is 0 Å². The maximum absolute atomic E-state index is 13.3. The number of hydrogen-bond donors (Lipinski definition) is 7. The second-order valence-electron chi connectivity index (χ2n) is 8.63. The number of carbonyl (C=O) groups is 4. The summed E-state index contributed by atoms with van der Waals surface area (Å²) in [6.45, 7) is -0.325. The Morgan fingerprint density at radius 3 is 1.97 bits per heavy atom. The van der Waals surface area contributed by atoms with E-state index >= 15 is 0 Å². The molecule has 3 amide bonds. The molecule has 0 saturated heterocycles. The average Bonchev–Trinajstić information content (AvgIpc) is 3.42. The predicted octanol–water partition coefficient (Wildman–Crippen LogP) is -0.359. The maximum Gasteiger partial charge on any atom is 0.326 e. The number of aliphatic carboxylic acids is 1. The summed E-state index contributed by atoms with van der Waals surface area (Å²) in [4.78, 5) is 57.2. The first-order valence-corrected chi connectivity index (χ1v) is 11.9. The largest absolute Gasteiger partial charge is 0.508 e. The van der Waals surface area contributed by atoms with Gasteiger partial charge in [-0.1, -0.05) is 42.5 Å². The molecule has 0 radical (unpaired) electrons. The van der Waals surface area contributed by atoms with Crippen LogP contribution in [0.15, 0.2) is 67.1 Å². The summed E-state index contributed by atoms with van der Waals surface area (Å²) in [7, 11) is 0. The molecule has 3 aromatic rings. The number of amides is 3. The van der Waals surface area contributed by atoms with E-state index < -0.39 is 41.8 Å². The molecule has 3 atom stereocenters. The number of aromatic nitrogens is 2. The van der Waals surface area contributed by atoms with Crippen molar-refractivity contribution in [2.24, 2.45) is 5.73 Å². The van der Waals surface area contributed by atoms with E-state index in [0.717, 1.165) is 5.56 Å². The molecule has 2 aromatic carbocycles. The third-order valence-corrected chi connectivity index (χ3v) is 5.72. The first-order valence-electron chi connectivity index (χ1n) is 11.9. The van der Waals surface area contributed by atoms with Gasteiger partial charge in [-0.15, -0.1) is 0 Å². The number of hydrogen-bond acceptors (Lipinski definition) is 7. The van der Waals surface area contributed by atoms with Crippen molar-refractivity contribution in [2.45, 2.75) is 37.4 Å². The number of imidazole rings is 1. The number of nitrogens with one attached hydrogen (secondary N) is 4. The number of nitrogens with zero attached hydrogens (tertiary/aromatic N) is 1. The number of phenolic OH excluding ortho intramolecular Hbond substituents is 1. The number of aromatic amines is 1. The highest BCUT2D eigenvalue weighted by atomic mass is 16.4. The predicted molar refractivity (Wildman–Crippen MR) is 137 cm³/mol. The lowest BCUT2D eigenvalue weighted by molar-refractivity contribution is -0.142. The molecule has 0 saturated carbocycles. The Morgan fingerprint density at radius 1 is 0.816 bits per heavy atom. The van der Waals surface area contributed by atoms with Crippen molar-refractivity contribution in [3.8, 4) is 5.75 Å². The van der Waals surface area contributed by atoms with Crippen molar-refractivity contribution in [1.82, 2.24) is 25.9 Å². The Balaban J connectivity index is 1.78. The van der Waals surface area contributed by atoms with Crippen LogP contribution in [0.2, 0.25) is 0 Å². The number of H-pyrrole nitrogens is 1. The van der Waals surface area contributed by atoms with Gasteiger partial charge in [-0.25, -0.2) is 9.78 Å². The van der Waals surface area contributed by atoms with Crippen LogP contribution in [0, 0.1) is 0 Å². The van der Waals surface area contributed by atoms with Crippen molar-refractivity contribution >= 4 is 23.7 Å². The fraction of sp³-hybridized carbons (Fsp3) is 0.269. The number of carbonyl (C=O) groups excluding carboxylic acids is 3. The standard InChI is InChI=1S/C26H30N6O6/c27-13-23(34)30-20(10-16-4-2-1-3-5-16)24(35)31-21(12-18-14-28-15-29-18)25(36)32-22(26(37)38)11-17-6-8-19(33)9-7-17/h1-9,14-15,20-22,33H,10-13,27H2,(H,28,29)(H,30,34)(H,31,35)(H,32,36)(H,37,38). The summed E-state index contributed by atoms with van der Waals surface area (Å²) >= 11 is 0. The van der Waals surface area contributed by atoms with E-state index in [2.05, 4.69) is 25.9 Å². The van der Waals surface area contributed by atoms with E-state index in [1.54, 1.807) is 36.4 Å². The molecule has 1 heterocycles. The molecule has 12 nitrogen and oxygen atoms in total. The number of carboxylic acid groups (broad SMARTS) is 1. The first kappa shape index (κ1) is 27.9. The fourth-order valence-electron chi connectivity index (χ4n) is 3.75. The Morgan fingerprint density at radius 2 is 1.39 bits per heavy atom. The minimum Gasteiger partial charge on any atom is -0.508 e. The SMILES string of the molecule is NCC(=O)NC(Cc1ccccc1)C(=O)NC(Cc1cnc[nH]1)C(=O)NC(Cc1ccc(O)cc1)C(=O)O. The van der Waals surface area contributed by atoms with E-state index in [1.807, 2.05) is 6.07 Å². The molecular weight excluding hydrogens is 492 g/mol. The molecule has 12 heteroatoms. The monoisotopic (exact) mass is 522 g/mol. The molecule has 0 aliphatic heterocycles. The molecule has 0 spiro atoms. The van der Waals surface area contributed by atoms with Gasteiger partial charge in [-0.3, -0.25) is 14.4 Å². The van der Waals surface area contributed by atoms with Crippen LogP contribution in [0.3, 0.4) is 0 Å². The topological polar surface area (TPSA) is 200 Å². The Bertz CT molecular complexity index is 1220. The summed E-state index contributed by atoms with van der Waals surface area (Å²) in [6.07, 6.45) is 2.99. The fourth-order valence-corrected chi connectivity index (χ4v) is 3.75. The van der Waals surface area contributed by atoms with Gasteiger partial charge in [0.15, 0.2) is 0 Å². The van der Waals surface area contributed by atoms with Crippen LogP contribution in [0.25, 0.3) is 0 Å². The number of aromatic hydroxyl groups is 1. The van der Waals surface area contributed by atoms with Crippen molar-refractivity contribution < 1.29 is 29.4 Å². The van der Waals surface area contributed by atoms with Gasteiger partial charge in [0, 0.05) is 31.2 Å². The van der Waals surface area contributed by atoms with Gasteiger partial charge >= 0.3 is 5.97 Å². The maximum atomic E-state index is 13.3. The quantitative estimate of drug-likeness (QED) is 0.158. The highest BCUT2D eigenvalue weighted by Crippen LogP contribution is 2.12. The third-order valence-electron chi connectivity index (χ3n) is 5.72. The molecule has 200 valence electrons. The van der Waals surface area contributed by atoms with E-state index in [1.165, 1.54) is 24.7 Å². The minimum absolute atomic E-state index is 0.00792. The van der Waals surface area contributed by atoms with Crippen LogP contribution in [-0.2, 0) is 38.4 Å². The van der Waals surface area contributed by atoms with Crippen molar-refractivity contribution in [3.63, 3.8) is 0 Å². The summed E-state index contributed by atoms with van der Waals surface area (Å²) in [5.74, 6) is -3.16. The van der Waals surface area contributed by atoms with Crippen LogP contribution < -0.4 is 21.7 Å². The zero-order chi connectivity index (χ0) is 27.5. The molecule has 0 aliphatic carbocycles. The molecule has 1 aromatic heterocycles. The number of carboxylic acids is 1. The van der Waals surface area contributed by atoms with E-state index in [9.17, 15) is 29.4 Å². The molecular formula is C26H30N6O6. The number of nitrogens with two attached hydrogens (primary N) is 1. The lowest BCUT2D eigenvalue weighted by Crippen LogP contribution is -2.57. The molecule has 0 aliphatic rings. The van der Waals surface area contributed by atoms with Gasteiger partial charge in [0.1, 0.15) is 23.9 Å². The molecule has 0 fully saturated rings. The normalized spacial score (nSPS) is 13.1. The van der Waals surface area contributed by atoms with Crippen molar-refractivity contribution in [2.75, 3.05) is 6.54 Å². The lowest BCUT2D eigenvalue weighted by atomic mass is 10.0. The Hall–Kier alpha value is -4.71. The minimum atomic E-state index is -1.30. The first-order chi connectivity index (χ1) is 18.2. The van der Waals surface area contributed by atoms with E-state index in [-0.39, 0.29) is 31.6 Å². The second-order valence-corrected chi connectivity index (χ2v) is 8.63. The molecule has 3 unspecified atom stereocenters. The van der Waals surface area contributed by atoms with Gasteiger partial charge < -0.3 is 36.9 Å². The second kappa shape index (κ2) is 13.6. The highest BCUT2D eigenvalue weighted by molar-refractivity contribution is 5.94. The van der Waals surface area contributed by atoms with Gasteiger partial charge in [0.2, 0.25) is 17.7 Å². The van der Waals surface area contributed by atoms with Gasteiger partial charge in [0.05, 0.1) is 12.9 Å². The van der Waals surface area contributed by atoms with Gasteiger partial charge in [-0.05, 0) is 23.3 Å². The number of rotatable bonds is 13. The number of benzene rings is 2. The van der Waals surface area contributed by atoms with Crippen LogP contribution >= 0.6 is 0 Å². The van der Waals surface area contributed by atoms with Crippen LogP contribution in [0.5, 0.6) is 5.75 Å². The van der Waals surface area contributed by atoms with E-state index in [0.29, 0.717) is 11.3 Å². The third kappa shape index (κ3) is 8.45. The zero-order valence-corrected chi connectivity index (χ0v) is 20.5. The zero-order valence-electron chi connectivity index (χ0n) is 20.5. The molecule has 0 bridgehead atoms. The Kier molecular flexibility index (Phi) is 9.94. The smallest absolute Gasteiger partial charge is 0.326 e. The van der Waals surface area contributed by atoms with Crippen LogP contribution in [-0.4, -0.2) is 68.5 Å². The molecule has 3 rings (SSSR count). The number of phenols is 1. The highest BCUT2D eigenvalue weighted by Gasteiger charge is 2.30. The average molecular weight is 523 g/mol. The van der Waals surface area contributed by atoms with E-state index in [4.69, 9.17) is 5.73 Å². The Labute approximate surface area is 218 Å². The summed E-state index contributed by atoms with van der Waals surface area (Å²) in [5, 5.41) is 26.9. The van der Waals surface area contributed by atoms with Gasteiger partial charge in [-0.2, -0.15) is 0 Å². The van der Waals surface area contributed by atoms with Crippen molar-refractivity contribution in [1.29, 1.82) is 0 Å². The van der Waals surface area contributed by atoms with Crippen LogP contribution in [0.1, 0.15) is 16.8 Å². The van der Waals surface area contributed by atoms with Crippen molar-refractivity contribution in [3.05, 3.63) is 83.9 Å². The molecule has 38 heavy (non-hydrogen) atoms. The summed E-state index contributed by atoms with van der Waals surface area (Å²) in [5.41, 5.74) is 7.31. The lowest BCUT2D eigenvalue weighted by Gasteiger charge is -2.24. The summed E-state index contributed by atoms with van der Waals surface area (Å²) in [6, 6.07) is 11.4. The molecule has 8 N–H and O–H groups in total.